The molecule has 0 aliphatic heterocycles. The molecule has 0 aliphatic rings. The van der Waals surface area contributed by atoms with Crippen molar-refractivity contribution in [3.05, 3.63) is 0 Å². The fourth-order valence-corrected chi connectivity index (χ4v) is 18.5. The lowest BCUT2D eigenvalue weighted by atomic mass is 10.9. The molecule has 6 nitrogen and oxygen atoms in total. The quantitative estimate of drug-likeness (QED) is 0.131. The molecular weight excluding hydrogens is 473 g/mol. The van der Waals surface area contributed by atoms with E-state index in [0.29, 0.717) is 39.6 Å². The number of hydrogen-bond acceptors (Lipinski definition) is 9. The van der Waals surface area contributed by atoms with Crippen LogP contribution in [0, 0.1) is 0 Å². The smallest absolute Gasteiger partial charge is 0.374 e. The van der Waals surface area contributed by atoms with Gasteiger partial charge in [0.15, 0.2) is 0 Å². The van der Waals surface area contributed by atoms with E-state index < -0.39 is 17.6 Å². The zero-order valence-electron chi connectivity index (χ0n) is 18.2. The summed E-state index contributed by atoms with van der Waals surface area (Å²) in [5.41, 5.74) is 0. The van der Waals surface area contributed by atoms with Crippen LogP contribution in [0.4, 0.5) is 0 Å². The van der Waals surface area contributed by atoms with E-state index in [2.05, 4.69) is 11.7 Å². The van der Waals surface area contributed by atoms with Crippen LogP contribution in [-0.2, 0) is 26.6 Å². The highest BCUT2D eigenvalue weighted by molar-refractivity contribution is 9.26. The van der Waals surface area contributed by atoms with Gasteiger partial charge in [-0.1, -0.05) is 11.7 Å². The molecule has 0 aromatic carbocycles. The fraction of sp³-hybridized carbons (Fsp3) is 1.00. The molecule has 0 atom stereocenters. The maximum Gasteiger partial charge on any atom is 0.501 e. The Kier molecular flexibility index (Phi) is 19.2. The Balaban J connectivity index is 5.06. The Bertz CT molecular complexity index is 310. The van der Waals surface area contributed by atoms with Crippen molar-refractivity contribution >= 4 is 58.8 Å². The van der Waals surface area contributed by atoms with Crippen LogP contribution in [0.25, 0.3) is 0 Å². The minimum atomic E-state index is -2.62. The molecule has 0 aromatic rings. The van der Waals surface area contributed by atoms with Crippen molar-refractivity contribution in [3.8, 4) is 0 Å². The lowest BCUT2D eigenvalue weighted by molar-refractivity contribution is 0.0724. The number of rotatable bonds is 20. The molecule has 0 unspecified atom stereocenters. The molecule has 0 aliphatic carbocycles. The molecule has 172 valence electrons. The Labute approximate surface area is 189 Å². The van der Waals surface area contributed by atoms with Gasteiger partial charge in [0, 0.05) is 51.7 Å². The largest absolute Gasteiger partial charge is 0.501 e. The molecule has 12 heteroatoms. The third-order valence-corrected chi connectivity index (χ3v) is 18.5. The zero-order chi connectivity index (χ0) is 21.3. The van der Waals surface area contributed by atoms with Gasteiger partial charge in [-0.3, -0.25) is 0 Å². The van der Waals surface area contributed by atoms with E-state index in [1.807, 2.05) is 51.4 Å². The van der Waals surface area contributed by atoms with E-state index in [1.165, 1.54) is 9.83 Å². The van der Waals surface area contributed by atoms with Gasteiger partial charge in [0.25, 0.3) is 0 Å². The van der Waals surface area contributed by atoms with E-state index in [0.717, 1.165) is 23.6 Å². The predicted molar refractivity (Wildman–Crippen MR) is 134 cm³/mol. The maximum absolute atomic E-state index is 6.00. The SMILES string of the molecule is CCO[Si](CC[SH](CC[Si](OCC)(OCC)OCC)SSS)(OCC)OCC. The summed E-state index contributed by atoms with van der Waals surface area (Å²) in [6, 6.07) is 1.64. The standard InChI is InChI=1S/C16H40O6S4Si2/c1-7-17-27(18-8-2,19-9-3)15-13-26(25-24-23)14-16-28(20-10-4,21-11-5)22-12-6/h23,26H,7-16H2,1-6H3. The summed E-state index contributed by atoms with van der Waals surface area (Å²) < 4.78 is 36.0. The average molecular weight is 513 g/mol. The van der Waals surface area contributed by atoms with Crippen LogP contribution in [0.1, 0.15) is 41.5 Å². The van der Waals surface area contributed by atoms with E-state index in [-0.39, 0.29) is 9.93 Å². The third kappa shape index (κ3) is 11.8. The van der Waals surface area contributed by atoms with Crippen molar-refractivity contribution in [2.24, 2.45) is 0 Å². The topological polar surface area (TPSA) is 55.4 Å². The summed E-state index contributed by atoms with van der Waals surface area (Å²) in [5.74, 6) is 1.99. The first-order valence-electron chi connectivity index (χ1n) is 10.1. The van der Waals surface area contributed by atoms with Crippen molar-refractivity contribution in [3.63, 3.8) is 0 Å². The summed E-state index contributed by atoms with van der Waals surface area (Å²) in [6.07, 6.45) is 0. The second kappa shape index (κ2) is 18.2. The van der Waals surface area contributed by atoms with Crippen molar-refractivity contribution in [1.29, 1.82) is 0 Å². The van der Waals surface area contributed by atoms with Crippen LogP contribution >= 0.6 is 41.2 Å². The fourth-order valence-electron chi connectivity index (χ4n) is 2.76. The normalized spacial score (nSPS) is 13.2. The third-order valence-electron chi connectivity index (χ3n) is 3.66. The highest BCUT2D eigenvalue weighted by atomic mass is 33.7. The molecule has 0 saturated heterocycles. The monoisotopic (exact) mass is 512 g/mol. The molecule has 0 fully saturated rings. The van der Waals surface area contributed by atoms with E-state index in [4.69, 9.17) is 26.6 Å². The predicted octanol–water partition coefficient (Wildman–Crippen LogP) is 5.23. The van der Waals surface area contributed by atoms with Crippen molar-refractivity contribution < 1.29 is 26.6 Å². The highest BCUT2D eigenvalue weighted by Gasteiger charge is 2.42. The molecule has 0 saturated carbocycles. The lowest BCUT2D eigenvalue weighted by Crippen LogP contribution is -2.47. The minimum absolute atomic E-state index is 0.361. The first-order chi connectivity index (χ1) is 13.5. The average Bonchev–Trinajstić information content (AvgIpc) is 2.65. The molecule has 28 heavy (non-hydrogen) atoms. The van der Waals surface area contributed by atoms with Gasteiger partial charge >= 0.3 is 17.6 Å². The Morgan fingerprint density at radius 1 is 0.607 bits per heavy atom. The van der Waals surface area contributed by atoms with E-state index >= 15 is 0 Å². The molecule has 0 heterocycles. The molecule has 0 aromatic heterocycles. The molecule has 0 rings (SSSR count). The van der Waals surface area contributed by atoms with Crippen LogP contribution in [0.2, 0.25) is 12.1 Å². The Hall–Kier alpha value is 1.59. The van der Waals surface area contributed by atoms with Crippen molar-refractivity contribution in [2.75, 3.05) is 51.1 Å². The molecular formula is C16H40O6S4Si2. The Morgan fingerprint density at radius 3 is 1.11 bits per heavy atom. The van der Waals surface area contributed by atoms with E-state index in [9.17, 15) is 0 Å². The molecule has 0 spiro atoms. The van der Waals surface area contributed by atoms with Crippen LogP contribution in [0.15, 0.2) is 0 Å². The summed E-state index contributed by atoms with van der Waals surface area (Å²) in [6.45, 7) is 15.6. The molecule has 0 radical (unpaired) electrons. The van der Waals surface area contributed by atoms with Gasteiger partial charge in [0.2, 0.25) is 0 Å². The van der Waals surface area contributed by atoms with Gasteiger partial charge in [-0.25, -0.2) is 0 Å². The van der Waals surface area contributed by atoms with Crippen LogP contribution < -0.4 is 0 Å². The number of thiol groups is 2. The van der Waals surface area contributed by atoms with Crippen molar-refractivity contribution in [2.45, 2.75) is 53.6 Å². The van der Waals surface area contributed by atoms with Gasteiger partial charge < -0.3 is 26.6 Å². The maximum atomic E-state index is 6.00. The highest BCUT2D eigenvalue weighted by Crippen LogP contribution is 2.52. The first-order valence-corrected chi connectivity index (χ1v) is 19.5. The summed E-state index contributed by atoms with van der Waals surface area (Å²) in [4.78, 5) is 0. The van der Waals surface area contributed by atoms with Gasteiger partial charge in [0.1, 0.15) is 0 Å². The van der Waals surface area contributed by atoms with Gasteiger partial charge in [0.05, 0.1) is 0 Å². The lowest BCUT2D eigenvalue weighted by Gasteiger charge is -2.32. The van der Waals surface area contributed by atoms with Gasteiger partial charge in [-0.2, -0.15) is 9.93 Å². The zero-order valence-corrected chi connectivity index (χ0v) is 23.7. The summed E-state index contributed by atoms with van der Waals surface area (Å²) in [7, 11) is -2.26. The second-order valence-electron chi connectivity index (χ2n) is 5.54. The minimum Gasteiger partial charge on any atom is -0.374 e. The summed E-state index contributed by atoms with van der Waals surface area (Å²) in [5, 5.41) is 0. The van der Waals surface area contributed by atoms with Crippen LogP contribution in [0.3, 0.4) is 0 Å². The number of hydrogen-bond donors (Lipinski definition) is 2. The van der Waals surface area contributed by atoms with Gasteiger partial charge in [-0.15, -0.1) is 0 Å². The Morgan fingerprint density at radius 2 is 0.893 bits per heavy atom. The first kappa shape index (κ1) is 29.6. The van der Waals surface area contributed by atoms with Crippen LogP contribution in [-0.4, -0.2) is 68.8 Å². The molecule has 0 bridgehead atoms. The van der Waals surface area contributed by atoms with E-state index in [1.54, 1.807) is 0 Å². The summed E-state index contributed by atoms with van der Waals surface area (Å²) >= 11 is 4.37. The van der Waals surface area contributed by atoms with Gasteiger partial charge in [-0.05, 0) is 72.7 Å². The molecule has 0 amide bonds. The second-order valence-corrected chi connectivity index (χ2v) is 18.3. The van der Waals surface area contributed by atoms with Crippen molar-refractivity contribution in [1.82, 2.24) is 0 Å². The molecule has 0 N–H and O–H groups in total. The van der Waals surface area contributed by atoms with Crippen LogP contribution in [0.5, 0.6) is 0 Å².